The van der Waals surface area contributed by atoms with Crippen molar-refractivity contribution in [2.75, 3.05) is 13.1 Å². The van der Waals surface area contributed by atoms with Gasteiger partial charge < -0.3 is 15.3 Å². The van der Waals surface area contributed by atoms with Crippen molar-refractivity contribution in [3.63, 3.8) is 0 Å². The second-order valence-corrected chi connectivity index (χ2v) is 8.51. The van der Waals surface area contributed by atoms with Crippen LogP contribution in [0.1, 0.15) is 35.7 Å². The summed E-state index contributed by atoms with van der Waals surface area (Å²) in [5.74, 6) is -0.372. The molecule has 14 heteroatoms. The molecule has 1 saturated heterocycles. The monoisotopic (exact) mass is 500 g/mol. The molecule has 0 radical (unpaired) electrons. The van der Waals surface area contributed by atoms with Crippen LogP contribution < -0.4 is 5.32 Å². The molecule has 11 nitrogen and oxygen atoms in total. The number of hydrogen-bond acceptors (Lipinski definition) is 7. The first-order chi connectivity index (χ1) is 17.2. The second kappa shape index (κ2) is 9.02. The van der Waals surface area contributed by atoms with Crippen molar-refractivity contribution < 1.29 is 27.9 Å². The highest BCUT2D eigenvalue weighted by molar-refractivity contribution is 6.23. The Hall–Kier alpha value is -4.36. The van der Waals surface area contributed by atoms with E-state index in [0.717, 1.165) is 18.9 Å². The van der Waals surface area contributed by atoms with Gasteiger partial charge in [0.2, 0.25) is 0 Å². The molecule has 5 rings (SSSR count). The van der Waals surface area contributed by atoms with Crippen LogP contribution >= 0.6 is 0 Å². The quantitative estimate of drug-likeness (QED) is 0.493. The summed E-state index contributed by atoms with van der Waals surface area (Å²) in [4.78, 5) is 41.2. The Morgan fingerprint density at radius 3 is 2.50 bits per heavy atom. The molecule has 4 heterocycles. The number of amides is 2. The van der Waals surface area contributed by atoms with Gasteiger partial charge in [0.1, 0.15) is 18.3 Å². The van der Waals surface area contributed by atoms with E-state index in [2.05, 4.69) is 30.4 Å². The largest absolute Gasteiger partial charge is 0.465 e. The van der Waals surface area contributed by atoms with Crippen LogP contribution in [-0.4, -0.2) is 70.9 Å². The van der Waals surface area contributed by atoms with Crippen LogP contribution in [0.25, 0.3) is 23.2 Å². The molecule has 1 aliphatic carbocycles. The molecule has 3 aromatic heterocycles. The lowest BCUT2D eigenvalue weighted by molar-refractivity contribution is -0.141. The third-order valence-corrected chi connectivity index (χ3v) is 5.76. The lowest BCUT2D eigenvalue weighted by Crippen LogP contribution is -2.60. The fourth-order valence-electron chi connectivity index (χ4n) is 3.79. The predicted molar refractivity (Wildman–Crippen MR) is 118 cm³/mol. The van der Waals surface area contributed by atoms with Gasteiger partial charge in [-0.2, -0.15) is 13.2 Å². The minimum Gasteiger partial charge on any atom is -0.465 e. The van der Waals surface area contributed by atoms with Gasteiger partial charge in [-0.25, -0.2) is 29.4 Å². The molecule has 0 bridgehead atoms. The van der Waals surface area contributed by atoms with Gasteiger partial charge in [0.05, 0.1) is 11.6 Å². The molecule has 0 aromatic carbocycles. The van der Waals surface area contributed by atoms with Gasteiger partial charge in [-0.1, -0.05) is 0 Å². The second-order valence-electron chi connectivity index (χ2n) is 8.51. The number of halogens is 3. The van der Waals surface area contributed by atoms with Crippen LogP contribution in [0.3, 0.4) is 0 Å². The minimum atomic E-state index is -4.61. The Morgan fingerprint density at radius 1 is 1.14 bits per heavy atom. The van der Waals surface area contributed by atoms with Gasteiger partial charge in [-0.3, -0.25) is 4.79 Å². The summed E-state index contributed by atoms with van der Waals surface area (Å²) in [6, 6.07) is 2.08. The number of hydrogen-bond donors (Lipinski definition) is 2. The first-order valence-corrected chi connectivity index (χ1v) is 10.9. The average molecular weight is 500 g/mol. The maximum absolute atomic E-state index is 13.4. The van der Waals surface area contributed by atoms with Crippen molar-refractivity contribution in [2.45, 2.75) is 31.0 Å². The van der Waals surface area contributed by atoms with Crippen LogP contribution in [0, 0.1) is 0 Å². The number of carboxylic acid groups (broad SMARTS) is 1. The van der Waals surface area contributed by atoms with E-state index in [1.807, 2.05) is 0 Å². The molecule has 1 aliphatic heterocycles. The van der Waals surface area contributed by atoms with E-state index in [1.165, 1.54) is 40.8 Å². The molecule has 1 saturated carbocycles. The first kappa shape index (κ1) is 23.4. The highest BCUT2D eigenvalue weighted by Gasteiger charge is 2.36. The Morgan fingerprint density at radius 2 is 1.86 bits per heavy atom. The Kier molecular flexibility index (Phi) is 5.86. The van der Waals surface area contributed by atoms with Gasteiger partial charge in [-0.15, -0.1) is 5.10 Å². The molecule has 3 aromatic rings. The van der Waals surface area contributed by atoms with Crippen LogP contribution in [-0.2, 0) is 11.0 Å². The van der Waals surface area contributed by atoms with E-state index >= 15 is 0 Å². The summed E-state index contributed by atoms with van der Waals surface area (Å²) in [6.07, 6.45) is 2.59. The number of carbonyl (C=O) groups excluding carboxylic acids is 1. The van der Waals surface area contributed by atoms with Crippen LogP contribution in [0.4, 0.5) is 18.0 Å². The number of aromatic nitrogens is 6. The predicted octanol–water partition coefficient (Wildman–Crippen LogP) is 2.50. The highest BCUT2D eigenvalue weighted by atomic mass is 19.4. The van der Waals surface area contributed by atoms with Gasteiger partial charge in [-0.05, 0) is 25.0 Å². The maximum Gasteiger partial charge on any atom is 0.433 e. The molecular weight excluding hydrogens is 481 g/mol. The van der Waals surface area contributed by atoms with Crippen molar-refractivity contribution >= 4 is 23.8 Å². The lowest BCUT2D eigenvalue weighted by Gasteiger charge is -2.39. The summed E-state index contributed by atoms with van der Waals surface area (Å²) in [5, 5.41) is 15.4. The molecule has 0 unspecified atom stereocenters. The van der Waals surface area contributed by atoms with Crippen LogP contribution in [0.2, 0.25) is 0 Å². The third-order valence-electron chi connectivity index (χ3n) is 5.76. The van der Waals surface area contributed by atoms with Crippen molar-refractivity contribution in [3.8, 4) is 11.4 Å². The molecule has 36 heavy (non-hydrogen) atoms. The first-order valence-electron chi connectivity index (χ1n) is 10.9. The summed E-state index contributed by atoms with van der Waals surface area (Å²) in [7, 11) is 0. The number of likely N-dealkylation sites (tertiary alicyclic amines) is 1. The smallest absolute Gasteiger partial charge is 0.433 e. The van der Waals surface area contributed by atoms with Gasteiger partial charge >= 0.3 is 12.3 Å². The molecule has 0 spiro atoms. The van der Waals surface area contributed by atoms with Crippen LogP contribution in [0.5, 0.6) is 0 Å². The number of nitrogens with zero attached hydrogens (tertiary/aromatic N) is 7. The molecule has 2 N–H and O–H groups in total. The normalized spacial score (nSPS) is 16.5. The number of pyridine rings is 1. The van der Waals surface area contributed by atoms with E-state index in [-0.39, 0.29) is 42.0 Å². The molecular formula is C22H19F3N8O3. The fraction of sp³-hybridized carbons (Fsp3) is 0.318. The third kappa shape index (κ3) is 5.01. The Labute approximate surface area is 201 Å². The maximum atomic E-state index is 13.4. The molecule has 2 amide bonds. The zero-order valence-corrected chi connectivity index (χ0v) is 18.6. The van der Waals surface area contributed by atoms with Gasteiger partial charge in [0.25, 0.3) is 5.91 Å². The highest BCUT2D eigenvalue weighted by Crippen LogP contribution is 2.41. The summed E-state index contributed by atoms with van der Waals surface area (Å²) >= 11 is 0. The fourth-order valence-corrected chi connectivity index (χ4v) is 3.79. The minimum absolute atomic E-state index is 0.00805. The van der Waals surface area contributed by atoms with Gasteiger partial charge in [0.15, 0.2) is 5.82 Å². The lowest BCUT2D eigenvalue weighted by atomic mass is 10.0. The number of rotatable bonds is 6. The summed E-state index contributed by atoms with van der Waals surface area (Å²) in [6.45, 7) is 0.361. The number of nitrogens with one attached hydrogen (secondary N) is 1. The van der Waals surface area contributed by atoms with Gasteiger partial charge in [0, 0.05) is 54.4 Å². The summed E-state index contributed by atoms with van der Waals surface area (Å²) in [5.41, 5.74) is 0.0611. The molecule has 2 aliphatic rings. The SMILES string of the molecule is O=C(O)NC1CN(C(=O)/C(=C/n2cnc(-c3cc(C4CC4)nc(C(F)(F)F)c3)n2)c2cncnc2)C1. The van der Waals surface area contributed by atoms with Crippen molar-refractivity contribution in [1.29, 1.82) is 0 Å². The topological polar surface area (TPSA) is 139 Å². The van der Waals surface area contributed by atoms with Crippen molar-refractivity contribution in [2.24, 2.45) is 0 Å². The zero-order chi connectivity index (χ0) is 25.4. The number of alkyl halides is 3. The summed E-state index contributed by atoms with van der Waals surface area (Å²) < 4.78 is 41.4. The van der Waals surface area contributed by atoms with E-state index < -0.39 is 23.9 Å². The Bertz CT molecular complexity index is 1330. The molecule has 0 atom stereocenters. The standard InChI is InChI=1S/C22H19F3N8O3/c23-22(24,25)18-4-13(3-17(30-18)12-1-2-12)19-28-11-33(31-19)9-16(14-5-26-10-27-6-14)20(34)32-7-15(8-32)29-21(35)36/h3-6,9-12,15,29H,1-2,7-8H2,(H,35,36)/b16-9+. The number of carbonyl (C=O) groups is 2. The Balaban J connectivity index is 1.45. The zero-order valence-electron chi connectivity index (χ0n) is 18.6. The average Bonchev–Trinajstić information content (AvgIpc) is 3.57. The van der Waals surface area contributed by atoms with Crippen molar-refractivity contribution in [3.05, 3.63) is 54.1 Å². The van der Waals surface area contributed by atoms with E-state index in [4.69, 9.17) is 5.11 Å². The van der Waals surface area contributed by atoms with E-state index in [0.29, 0.717) is 11.3 Å². The van der Waals surface area contributed by atoms with E-state index in [1.54, 1.807) is 6.07 Å². The molecule has 186 valence electrons. The van der Waals surface area contributed by atoms with E-state index in [9.17, 15) is 22.8 Å². The molecule has 2 fully saturated rings. The van der Waals surface area contributed by atoms with Crippen molar-refractivity contribution in [1.82, 2.24) is 39.9 Å². The van der Waals surface area contributed by atoms with Crippen LogP contribution in [0.15, 0.2) is 37.2 Å².